The van der Waals surface area contributed by atoms with Gasteiger partial charge in [-0.3, -0.25) is 15.4 Å². The SMILES string of the molecule is CCOC(=O)Nc1ccc2c(COc3ccc(Cl)cc3[N+](=O)[O-])cc(=O)oc2c1. The van der Waals surface area contributed by atoms with Gasteiger partial charge in [-0.2, -0.15) is 0 Å². The number of fused-ring (bicyclic) bond motifs is 1. The number of nitro benzene ring substituents is 1. The molecule has 0 aliphatic rings. The van der Waals surface area contributed by atoms with Crippen molar-refractivity contribution in [3.05, 3.63) is 73.6 Å². The maximum absolute atomic E-state index is 11.9. The summed E-state index contributed by atoms with van der Waals surface area (Å²) >= 11 is 5.79. The van der Waals surface area contributed by atoms with E-state index in [2.05, 4.69) is 5.32 Å². The molecule has 0 fully saturated rings. The van der Waals surface area contributed by atoms with Gasteiger partial charge in [0.25, 0.3) is 0 Å². The Balaban J connectivity index is 1.89. The average molecular weight is 419 g/mol. The molecule has 0 bridgehead atoms. The molecule has 0 radical (unpaired) electrons. The minimum atomic E-state index is -0.635. The number of ether oxygens (including phenoxy) is 2. The molecule has 29 heavy (non-hydrogen) atoms. The summed E-state index contributed by atoms with van der Waals surface area (Å²) in [5.74, 6) is 0.0152. The summed E-state index contributed by atoms with van der Waals surface area (Å²) in [5.41, 5.74) is 0.144. The number of nitrogens with one attached hydrogen (secondary N) is 1. The Bertz CT molecular complexity index is 1140. The predicted molar refractivity (Wildman–Crippen MR) is 106 cm³/mol. The highest BCUT2D eigenvalue weighted by molar-refractivity contribution is 6.30. The van der Waals surface area contributed by atoms with Crippen molar-refractivity contribution in [2.24, 2.45) is 0 Å². The first kappa shape index (κ1) is 20.2. The van der Waals surface area contributed by atoms with E-state index in [1.165, 1.54) is 30.3 Å². The zero-order valence-corrected chi connectivity index (χ0v) is 15.9. The average Bonchev–Trinajstić information content (AvgIpc) is 2.66. The molecule has 1 amide bonds. The van der Waals surface area contributed by atoms with Gasteiger partial charge in [0.2, 0.25) is 0 Å². The van der Waals surface area contributed by atoms with E-state index in [1.807, 2.05) is 0 Å². The number of nitrogens with zero attached hydrogens (tertiary/aromatic N) is 1. The number of amides is 1. The number of carbonyl (C=O) groups excluding carboxylic acids is 1. The molecule has 0 aliphatic carbocycles. The van der Waals surface area contributed by atoms with Crippen molar-refractivity contribution in [3.8, 4) is 5.75 Å². The molecular weight excluding hydrogens is 404 g/mol. The van der Waals surface area contributed by atoms with E-state index >= 15 is 0 Å². The van der Waals surface area contributed by atoms with Crippen LogP contribution in [0, 0.1) is 10.1 Å². The first-order valence-electron chi connectivity index (χ1n) is 8.44. The molecule has 0 spiro atoms. The molecule has 1 aromatic heterocycles. The second kappa shape index (κ2) is 8.61. The minimum Gasteiger partial charge on any atom is -0.482 e. The first-order chi connectivity index (χ1) is 13.9. The maximum Gasteiger partial charge on any atom is 0.411 e. The smallest absolute Gasteiger partial charge is 0.411 e. The summed E-state index contributed by atoms with van der Waals surface area (Å²) < 4.78 is 15.5. The number of nitro groups is 1. The Morgan fingerprint density at radius 3 is 2.76 bits per heavy atom. The summed E-state index contributed by atoms with van der Waals surface area (Å²) in [6.07, 6.45) is -0.635. The molecule has 0 aliphatic heterocycles. The largest absolute Gasteiger partial charge is 0.482 e. The third-order valence-corrected chi connectivity index (χ3v) is 4.09. The van der Waals surface area contributed by atoms with Gasteiger partial charge in [0.1, 0.15) is 12.2 Å². The molecule has 2 aromatic carbocycles. The van der Waals surface area contributed by atoms with E-state index < -0.39 is 16.6 Å². The molecule has 3 rings (SSSR count). The van der Waals surface area contributed by atoms with E-state index in [0.29, 0.717) is 16.6 Å². The number of halogens is 1. The van der Waals surface area contributed by atoms with E-state index in [-0.39, 0.29) is 35.3 Å². The minimum absolute atomic E-state index is 0.0152. The van der Waals surface area contributed by atoms with Crippen molar-refractivity contribution in [1.29, 1.82) is 0 Å². The molecule has 1 heterocycles. The highest BCUT2D eigenvalue weighted by Gasteiger charge is 2.17. The van der Waals surface area contributed by atoms with Crippen LogP contribution in [0.5, 0.6) is 5.75 Å². The molecule has 0 unspecified atom stereocenters. The number of carbonyl (C=O) groups is 1. The molecular formula is C19H15ClN2O7. The van der Waals surface area contributed by atoms with E-state index in [1.54, 1.807) is 19.1 Å². The van der Waals surface area contributed by atoms with Crippen molar-refractivity contribution in [2.45, 2.75) is 13.5 Å². The highest BCUT2D eigenvalue weighted by atomic mass is 35.5. The molecule has 150 valence electrons. The zero-order valence-electron chi connectivity index (χ0n) is 15.1. The quantitative estimate of drug-likeness (QED) is 0.355. The Morgan fingerprint density at radius 1 is 1.24 bits per heavy atom. The lowest BCUT2D eigenvalue weighted by Gasteiger charge is -2.10. The van der Waals surface area contributed by atoms with E-state index in [4.69, 9.17) is 25.5 Å². The number of hydrogen-bond acceptors (Lipinski definition) is 7. The Labute approximate surface area is 168 Å². The molecule has 0 saturated heterocycles. The fraction of sp³-hybridized carbons (Fsp3) is 0.158. The third-order valence-electron chi connectivity index (χ3n) is 3.85. The summed E-state index contributed by atoms with van der Waals surface area (Å²) in [5, 5.41) is 14.5. The van der Waals surface area contributed by atoms with Crippen LogP contribution >= 0.6 is 11.6 Å². The van der Waals surface area contributed by atoms with Crippen molar-refractivity contribution in [3.63, 3.8) is 0 Å². The topological polar surface area (TPSA) is 121 Å². The van der Waals surface area contributed by atoms with Crippen LogP contribution in [-0.2, 0) is 11.3 Å². The fourth-order valence-corrected chi connectivity index (χ4v) is 2.79. The molecule has 3 aromatic rings. The Kier molecular flexibility index (Phi) is 5.99. The lowest BCUT2D eigenvalue weighted by molar-refractivity contribution is -0.385. The third kappa shape index (κ3) is 4.82. The first-order valence-corrected chi connectivity index (χ1v) is 8.82. The summed E-state index contributed by atoms with van der Waals surface area (Å²) in [6, 6.07) is 9.98. The van der Waals surface area contributed by atoms with Crippen LogP contribution in [0.3, 0.4) is 0 Å². The Hall–Kier alpha value is -3.59. The van der Waals surface area contributed by atoms with Gasteiger partial charge >= 0.3 is 17.4 Å². The van der Waals surface area contributed by atoms with Crippen LogP contribution in [-0.4, -0.2) is 17.6 Å². The lowest BCUT2D eigenvalue weighted by atomic mass is 10.1. The van der Waals surface area contributed by atoms with Gasteiger partial charge in [-0.25, -0.2) is 9.59 Å². The lowest BCUT2D eigenvalue weighted by Crippen LogP contribution is -2.13. The van der Waals surface area contributed by atoms with Crippen LogP contribution in [0.1, 0.15) is 12.5 Å². The second-order valence-electron chi connectivity index (χ2n) is 5.80. The molecule has 0 saturated carbocycles. The van der Waals surface area contributed by atoms with E-state index in [9.17, 15) is 19.7 Å². The fourth-order valence-electron chi connectivity index (χ4n) is 2.62. The second-order valence-corrected chi connectivity index (χ2v) is 6.24. The van der Waals surface area contributed by atoms with Gasteiger partial charge in [-0.1, -0.05) is 11.6 Å². The number of anilines is 1. The molecule has 0 atom stereocenters. The summed E-state index contributed by atoms with van der Waals surface area (Å²) in [4.78, 5) is 34.0. The molecule has 9 nitrogen and oxygen atoms in total. The van der Waals surface area contributed by atoms with Crippen molar-refractivity contribution < 1.29 is 23.6 Å². The normalized spacial score (nSPS) is 10.6. The standard InChI is InChI=1S/C19H15ClN2O7/c1-2-27-19(24)21-13-4-5-14-11(7-18(23)29-17(14)9-13)10-28-16-6-3-12(20)8-15(16)22(25)26/h3-9H,2,10H2,1H3,(H,21,24). The van der Waals surface area contributed by atoms with Crippen LogP contribution in [0.2, 0.25) is 5.02 Å². The van der Waals surface area contributed by atoms with Crippen LogP contribution in [0.4, 0.5) is 16.2 Å². The summed E-state index contributed by atoms with van der Waals surface area (Å²) in [7, 11) is 0. The van der Waals surface area contributed by atoms with Crippen LogP contribution in [0.25, 0.3) is 11.0 Å². The van der Waals surface area contributed by atoms with Gasteiger partial charge in [-0.15, -0.1) is 0 Å². The monoisotopic (exact) mass is 418 g/mol. The van der Waals surface area contributed by atoms with Crippen molar-refractivity contribution >= 4 is 40.0 Å². The molecule has 10 heteroatoms. The number of rotatable bonds is 6. The predicted octanol–water partition coefficient (Wildman–Crippen LogP) is 4.50. The van der Waals surface area contributed by atoms with Gasteiger partial charge < -0.3 is 13.9 Å². The molecule has 1 N–H and O–H groups in total. The van der Waals surface area contributed by atoms with Crippen LogP contribution in [0.15, 0.2) is 51.7 Å². The number of hydrogen-bond donors (Lipinski definition) is 1. The van der Waals surface area contributed by atoms with Gasteiger partial charge in [0.15, 0.2) is 5.75 Å². The van der Waals surface area contributed by atoms with Gasteiger partial charge in [0, 0.05) is 39.9 Å². The van der Waals surface area contributed by atoms with Crippen molar-refractivity contribution in [2.75, 3.05) is 11.9 Å². The highest BCUT2D eigenvalue weighted by Crippen LogP contribution is 2.31. The zero-order chi connectivity index (χ0) is 21.0. The van der Waals surface area contributed by atoms with E-state index in [0.717, 1.165) is 0 Å². The maximum atomic E-state index is 11.9. The van der Waals surface area contributed by atoms with Crippen molar-refractivity contribution in [1.82, 2.24) is 0 Å². The van der Waals surface area contributed by atoms with Crippen LogP contribution < -0.4 is 15.7 Å². The number of benzene rings is 2. The van der Waals surface area contributed by atoms with Gasteiger partial charge in [0.05, 0.1) is 11.5 Å². The van der Waals surface area contributed by atoms with Gasteiger partial charge in [-0.05, 0) is 31.2 Å². The Morgan fingerprint density at radius 2 is 2.03 bits per heavy atom. The summed E-state index contributed by atoms with van der Waals surface area (Å²) in [6.45, 7) is 1.78.